The van der Waals surface area contributed by atoms with Gasteiger partial charge in [-0.1, -0.05) is 47.0 Å². The molecule has 0 atom stereocenters. The molecular formula is C18H51N5S. The van der Waals surface area contributed by atoms with E-state index < -0.39 is 0 Å². The Balaban J connectivity index is -0.0000000628. The zero-order chi connectivity index (χ0) is 19.9. The molecule has 0 spiro atoms. The molecule has 0 aliphatic rings. The summed E-state index contributed by atoms with van der Waals surface area (Å²) in [5.41, 5.74) is 25.6. The van der Waals surface area contributed by atoms with E-state index in [0.717, 1.165) is 44.9 Å². The number of rotatable bonds is 9. The first-order valence-electron chi connectivity index (χ1n) is 9.57. The van der Waals surface area contributed by atoms with Crippen molar-refractivity contribution in [1.82, 2.24) is 0 Å². The fraction of sp³-hybridized carbons (Fsp3) is 1.00. The molecule has 0 unspecified atom stereocenters. The molecule has 0 bridgehead atoms. The Bertz CT molecular complexity index is 96.0. The quantitative estimate of drug-likeness (QED) is 0.425. The summed E-state index contributed by atoms with van der Waals surface area (Å²) >= 11 is 1.78. The molecule has 0 rings (SSSR count). The zero-order valence-corrected chi connectivity index (χ0v) is 18.3. The summed E-state index contributed by atoms with van der Waals surface area (Å²) in [6.07, 6.45) is 10.3. The van der Waals surface area contributed by atoms with Gasteiger partial charge in [0.25, 0.3) is 0 Å². The summed E-state index contributed by atoms with van der Waals surface area (Å²) in [6, 6.07) is 0. The predicted octanol–water partition coefficient (Wildman–Crippen LogP) is 2.90. The van der Waals surface area contributed by atoms with Crippen LogP contribution in [0.5, 0.6) is 0 Å². The third-order valence-corrected chi connectivity index (χ3v) is 2.93. The van der Waals surface area contributed by atoms with Crippen LogP contribution in [0.2, 0.25) is 0 Å². The van der Waals surface area contributed by atoms with Crippen molar-refractivity contribution < 1.29 is 0 Å². The fourth-order valence-electron chi connectivity index (χ4n) is 0.730. The van der Waals surface area contributed by atoms with Crippen LogP contribution in [0.3, 0.4) is 0 Å². The maximum atomic E-state index is 5.14. The molecule has 5 nitrogen and oxygen atoms in total. The van der Waals surface area contributed by atoms with Crippen LogP contribution in [0.15, 0.2) is 0 Å². The highest BCUT2D eigenvalue weighted by atomic mass is 32.2. The van der Waals surface area contributed by atoms with Crippen LogP contribution >= 0.6 is 11.8 Å². The molecule has 10 N–H and O–H groups in total. The van der Waals surface area contributed by atoms with E-state index in [4.69, 9.17) is 28.7 Å². The van der Waals surface area contributed by atoms with Gasteiger partial charge in [0.05, 0.1) is 0 Å². The van der Waals surface area contributed by atoms with E-state index in [-0.39, 0.29) is 0 Å². The molecule has 0 radical (unpaired) electrons. The first-order chi connectivity index (χ1) is 11.6. The Labute approximate surface area is 158 Å². The molecule has 0 aromatic carbocycles. The van der Waals surface area contributed by atoms with Gasteiger partial charge in [0, 0.05) is 12.3 Å². The zero-order valence-electron chi connectivity index (χ0n) is 17.5. The minimum Gasteiger partial charge on any atom is -0.330 e. The molecule has 0 aliphatic heterocycles. The SMILES string of the molecule is CCCCN.CCCCN.CCCCN.CCCN.CSCCN. The van der Waals surface area contributed by atoms with Crippen LogP contribution in [0.25, 0.3) is 0 Å². The lowest BCUT2D eigenvalue weighted by Gasteiger charge is -1.80. The highest BCUT2D eigenvalue weighted by molar-refractivity contribution is 7.98. The molecule has 24 heavy (non-hydrogen) atoms. The highest BCUT2D eigenvalue weighted by Gasteiger charge is 1.69. The van der Waals surface area contributed by atoms with Crippen LogP contribution in [-0.2, 0) is 0 Å². The van der Waals surface area contributed by atoms with E-state index in [1.807, 2.05) is 6.26 Å². The molecule has 0 amide bonds. The predicted molar refractivity (Wildman–Crippen MR) is 119 cm³/mol. The van der Waals surface area contributed by atoms with Crippen molar-refractivity contribution >= 4 is 11.8 Å². The van der Waals surface area contributed by atoms with Crippen molar-refractivity contribution in [3.63, 3.8) is 0 Å². The number of hydrogen-bond acceptors (Lipinski definition) is 6. The number of nitrogens with two attached hydrogens (primary N) is 5. The molecule has 0 heterocycles. The monoisotopic (exact) mass is 369 g/mol. The molecular weight excluding hydrogens is 318 g/mol. The van der Waals surface area contributed by atoms with Gasteiger partial charge in [0.15, 0.2) is 0 Å². The van der Waals surface area contributed by atoms with Gasteiger partial charge >= 0.3 is 0 Å². The maximum absolute atomic E-state index is 5.14. The Hall–Kier alpha value is 0.150. The Morgan fingerprint density at radius 3 is 0.792 bits per heavy atom. The molecule has 0 aliphatic carbocycles. The molecule has 0 saturated heterocycles. The molecule has 0 saturated carbocycles. The van der Waals surface area contributed by atoms with Gasteiger partial charge in [0.1, 0.15) is 0 Å². The van der Waals surface area contributed by atoms with Crippen molar-refractivity contribution in [3.8, 4) is 0 Å². The van der Waals surface area contributed by atoms with Crippen LogP contribution in [0.4, 0.5) is 0 Å². The number of hydrogen-bond donors (Lipinski definition) is 5. The molecule has 6 heteroatoms. The van der Waals surface area contributed by atoms with Crippen molar-refractivity contribution in [3.05, 3.63) is 0 Å². The van der Waals surface area contributed by atoms with E-state index in [0.29, 0.717) is 0 Å². The average Bonchev–Trinajstić information content (AvgIpc) is 2.60. The lowest BCUT2D eigenvalue weighted by Crippen LogP contribution is -1.99. The second kappa shape index (κ2) is 56.7. The van der Waals surface area contributed by atoms with Gasteiger partial charge in [-0.15, -0.1) is 0 Å². The van der Waals surface area contributed by atoms with Gasteiger partial charge in [-0.3, -0.25) is 0 Å². The average molecular weight is 370 g/mol. The topological polar surface area (TPSA) is 130 Å². The van der Waals surface area contributed by atoms with Gasteiger partial charge in [0.2, 0.25) is 0 Å². The van der Waals surface area contributed by atoms with Crippen LogP contribution in [0.1, 0.15) is 72.6 Å². The summed E-state index contributed by atoms with van der Waals surface area (Å²) in [4.78, 5) is 0. The second-order valence-electron chi connectivity index (χ2n) is 5.00. The summed E-state index contributed by atoms with van der Waals surface area (Å²) < 4.78 is 0. The number of unbranched alkanes of at least 4 members (excludes halogenated alkanes) is 3. The minimum atomic E-state index is 0.807. The van der Waals surface area contributed by atoms with Crippen LogP contribution in [0, 0.1) is 0 Å². The van der Waals surface area contributed by atoms with Crippen LogP contribution in [-0.4, -0.2) is 44.7 Å². The molecule has 154 valence electrons. The standard InChI is InChI=1S/3C4H11N.C3H9NS.C3H9N/c3*1-2-3-4-5;1-5-3-2-4;1-2-3-4/h3*2-5H2,1H3;2-4H2,1H3;2-4H2,1H3. The van der Waals surface area contributed by atoms with E-state index in [1.165, 1.54) is 38.5 Å². The summed E-state index contributed by atoms with van der Waals surface area (Å²) in [5.74, 6) is 1.08. The van der Waals surface area contributed by atoms with Gasteiger partial charge in [-0.2, -0.15) is 11.8 Å². The fourth-order valence-corrected chi connectivity index (χ4v) is 0.966. The van der Waals surface area contributed by atoms with Gasteiger partial charge < -0.3 is 28.7 Å². The van der Waals surface area contributed by atoms with E-state index in [1.54, 1.807) is 11.8 Å². The van der Waals surface area contributed by atoms with Gasteiger partial charge in [-0.05, 0) is 58.1 Å². The Morgan fingerprint density at radius 2 is 0.792 bits per heavy atom. The lowest BCUT2D eigenvalue weighted by atomic mass is 10.3. The first kappa shape index (κ1) is 35.3. The van der Waals surface area contributed by atoms with Crippen molar-refractivity contribution in [2.75, 3.05) is 44.7 Å². The highest BCUT2D eigenvalue weighted by Crippen LogP contribution is 1.83. The minimum absolute atomic E-state index is 0.807. The van der Waals surface area contributed by atoms with E-state index in [9.17, 15) is 0 Å². The smallest absolute Gasteiger partial charge is 0.00530 e. The van der Waals surface area contributed by atoms with Crippen molar-refractivity contribution in [1.29, 1.82) is 0 Å². The van der Waals surface area contributed by atoms with Crippen molar-refractivity contribution in [2.45, 2.75) is 72.6 Å². The number of thioether (sulfide) groups is 1. The van der Waals surface area contributed by atoms with Gasteiger partial charge in [-0.25, -0.2) is 0 Å². The largest absolute Gasteiger partial charge is 0.330 e. The summed E-state index contributed by atoms with van der Waals surface area (Å²) in [7, 11) is 0. The lowest BCUT2D eigenvalue weighted by molar-refractivity contribution is 0.807. The second-order valence-corrected chi connectivity index (χ2v) is 5.98. The normalized spacial score (nSPS) is 8.25. The molecule has 0 fully saturated rings. The first-order valence-corrected chi connectivity index (χ1v) is 11.0. The van der Waals surface area contributed by atoms with Crippen molar-refractivity contribution in [2.24, 2.45) is 28.7 Å². The third-order valence-electron chi connectivity index (χ3n) is 2.28. The van der Waals surface area contributed by atoms with E-state index in [2.05, 4.69) is 27.7 Å². The van der Waals surface area contributed by atoms with Crippen LogP contribution < -0.4 is 28.7 Å². The maximum Gasteiger partial charge on any atom is 0.00530 e. The summed E-state index contributed by atoms with van der Waals surface area (Å²) in [6.45, 7) is 12.6. The molecule has 0 aromatic heterocycles. The van der Waals surface area contributed by atoms with E-state index >= 15 is 0 Å². The third kappa shape index (κ3) is 118. The Morgan fingerprint density at radius 1 is 0.500 bits per heavy atom. The molecule has 0 aromatic rings. The summed E-state index contributed by atoms with van der Waals surface area (Å²) in [5, 5.41) is 0. The Kier molecular flexibility index (Phi) is 83.4.